The third-order valence-corrected chi connectivity index (χ3v) is 19.6. The van der Waals surface area contributed by atoms with Crippen molar-refractivity contribution < 1.29 is 84.2 Å². The Morgan fingerprint density at radius 1 is 0.615 bits per heavy atom. The zero-order chi connectivity index (χ0) is 47.3. The second kappa shape index (κ2) is 16.6. The molecule has 10 N–H and O–H groups in total. The number of fused-ring (bicyclic) bond motifs is 10. The molecule has 4 saturated carbocycles. The number of epoxide rings is 1. The van der Waals surface area contributed by atoms with Crippen molar-refractivity contribution in [1.29, 1.82) is 0 Å². The van der Waals surface area contributed by atoms with Crippen LogP contribution >= 0.6 is 0 Å². The van der Waals surface area contributed by atoms with E-state index in [1.807, 2.05) is 0 Å². The van der Waals surface area contributed by atoms with Crippen LogP contribution in [0.15, 0.2) is 11.6 Å². The quantitative estimate of drug-likeness (QED) is 0.0909. The summed E-state index contributed by atoms with van der Waals surface area (Å²) in [6.45, 7) is 18.5. The maximum absolute atomic E-state index is 12.6. The first-order valence-electron chi connectivity index (χ1n) is 24.3. The molecule has 4 heterocycles. The van der Waals surface area contributed by atoms with Gasteiger partial charge >= 0.3 is 0 Å². The van der Waals surface area contributed by atoms with Crippen LogP contribution in [0, 0.1) is 50.2 Å². The average molecular weight is 927 g/mol. The molecule has 372 valence electrons. The highest BCUT2D eigenvalue weighted by molar-refractivity contribution is 5.41. The van der Waals surface area contributed by atoms with E-state index in [9.17, 15) is 51.1 Å². The Kier molecular flexibility index (Phi) is 12.5. The normalized spacial score (nSPS) is 58.0. The number of ether oxygens (including phenoxy) is 7. The molecule has 4 saturated heterocycles. The number of hydrogen-bond donors (Lipinski definition) is 10. The first-order chi connectivity index (χ1) is 30.3. The van der Waals surface area contributed by atoms with Crippen molar-refractivity contribution in [3.05, 3.63) is 11.6 Å². The van der Waals surface area contributed by atoms with E-state index in [1.54, 1.807) is 6.92 Å². The molecular formula is C48H78O17. The average Bonchev–Trinajstić information content (AvgIpc) is 4.06. The predicted molar refractivity (Wildman–Crippen MR) is 228 cm³/mol. The van der Waals surface area contributed by atoms with Gasteiger partial charge < -0.3 is 84.2 Å². The SMILES string of the molecule is C[C@@H]1O[C@@H](O[C@H]2[C@H](O[C@H]3[C@H](O[C@H]4CC[C@]5(C)[C@H]6[C@H](O)C=C7[C@@H]8CC(C)(C)CC[C@]8(CO)[C@@H]8O[C@@H]8[C@@]7(C)[C@]6(C)CC[C@H]5C4(C)C)O[C@H](C)[C@H](O)[C@@H]3O)O[C@H](CO)[C@@H](O)[C@@H]2O)[C@H](O)[C@H](O)[C@H]1O. The van der Waals surface area contributed by atoms with E-state index in [2.05, 4.69) is 54.5 Å². The van der Waals surface area contributed by atoms with Crippen LogP contribution in [0.1, 0.15) is 107 Å². The van der Waals surface area contributed by atoms with E-state index < -0.39 is 116 Å². The summed E-state index contributed by atoms with van der Waals surface area (Å²) in [4.78, 5) is 0. The summed E-state index contributed by atoms with van der Waals surface area (Å²) < 4.78 is 43.8. The fourth-order valence-electron chi connectivity index (χ4n) is 15.6. The molecule has 8 fully saturated rings. The van der Waals surface area contributed by atoms with Gasteiger partial charge in [0.05, 0.1) is 49.8 Å². The highest BCUT2D eigenvalue weighted by Crippen LogP contribution is 2.79. The lowest BCUT2D eigenvalue weighted by Gasteiger charge is -2.71. The van der Waals surface area contributed by atoms with Gasteiger partial charge in [-0.2, -0.15) is 0 Å². The van der Waals surface area contributed by atoms with E-state index in [-0.39, 0.29) is 63.6 Å². The molecule has 0 spiro atoms. The molecule has 0 radical (unpaired) electrons. The van der Waals surface area contributed by atoms with E-state index in [1.165, 1.54) is 12.5 Å². The van der Waals surface area contributed by atoms with Crippen molar-refractivity contribution in [3.8, 4) is 0 Å². The summed E-state index contributed by atoms with van der Waals surface area (Å²) in [6.07, 6.45) is -15.7. The lowest BCUT2D eigenvalue weighted by atomic mass is 9.33. The van der Waals surface area contributed by atoms with Crippen LogP contribution in [-0.4, -0.2) is 181 Å². The molecule has 4 aliphatic heterocycles. The van der Waals surface area contributed by atoms with Crippen LogP contribution in [0.3, 0.4) is 0 Å². The van der Waals surface area contributed by atoms with Crippen molar-refractivity contribution in [2.24, 2.45) is 50.2 Å². The van der Waals surface area contributed by atoms with E-state index in [0.717, 1.165) is 32.1 Å². The maximum atomic E-state index is 12.6. The van der Waals surface area contributed by atoms with Crippen LogP contribution in [-0.2, 0) is 33.2 Å². The van der Waals surface area contributed by atoms with Gasteiger partial charge in [0.15, 0.2) is 18.9 Å². The van der Waals surface area contributed by atoms with Gasteiger partial charge in [-0.15, -0.1) is 0 Å². The van der Waals surface area contributed by atoms with Gasteiger partial charge in [0.1, 0.15) is 61.0 Å². The fourth-order valence-corrected chi connectivity index (χ4v) is 15.6. The molecule has 17 nitrogen and oxygen atoms in total. The monoisotopic (exact) mass is 927 g/mol. The molecule has 9 aliphatic rings. The largest absolute Gasteiger partial charge is 0.396 e. The lowest BCUT2D eigenvalue weighted by molar-refractivity contribution is -0.396. The molecule has 5 aliphatic carbocycles. The van der Waals surface area contributed by atoms with E-state index in [4.69, 9.17) is 33.2 Å². The second-order valence-electron chi connectivity index (χ2n) is 23.9. The van der Waals surface area contributed by atoms with Crippen molar-refractivity contribution >= 4 is 0 Å². The van der Waals surface area contributed by atoms with Crippen molar-refractivity contribution in [1.82, 2.24) is 0 Å². The summed E-state index contributed by atoms with van der Waals surface area (Å²) in [5, 5.41) is 110. The summed E-state index contributed by atoms with van der Waals surface area (Å²) in [7, 11) is 0. The third kappa shape index (κ3) is 7.17. The number of aliphatic hydroxyl groups is 10. The second-order valence-corrected chi connectivity index (χ2v) is 23.9. The highest BCUT2D eigenvalue weighted by atomic mass is 16.8. The molecule has 26 atom stereocenters. The Balaban J connectivity index is 0.981. The third-order valence-electron chi connectivity index (χ3n) is 19.6. The standard InChI is InChI=1S/C48H78O17/c1-20-28(52)31(55)34(58)40(59-20)63-36-33(57)30(54)25(18-49)61-42(36)64-35-32(56)29(53)21(2)60-41(35)62-27-11-12-45(7)26(44(27,5)6)10-13-46(8)37(45)24(51)16-22-23-17-43(3,4)14-15-48(23,19-50)39-38(65-39)47(22,46)9/h16,20-21,23-42,49-58H,10-15,17-19H2,1-9H3/t20-,21+,23-,24+,25+,26-,27-,28-,29-,30+,31+,32-,33-,34+,35+,36+,37+,38-,39+,40-,41-,42-,45-,46+,47-,48+/m0/s1. The molecule has 9 rings (SSSR count). The summed E-state index contributed by atoms with van der Waals surface area (Å²) in [5.74, 6) is 0.0811. The van der Waals surface area contributed by atoms with Crippen molar-refractivity contribution in [2.45, 2.75) is 224 Å². The molecule has 0 aromatic heterocycles. The van der Waals surface area contributed by atoms with Crippen LogP contribution in [0.25, 0.3) is 0 Å². The van der Waals surface area contributed by atoms with Gasteiger partial charge in [0.25, 0.3) is 0 Å². The lowest BCUT2D eigenvalue weighted by Crippen LogP contribution is -2.69. The van der Waals surface area contributed by atoms with Gasteiger partial charge in [0.2, 0.25) is 0 Å². The number of aliphatic hydroxyl groups excluding tert-OH is 10. The number of hydrogen-bond acceptors (Lipinski definition) is 17. The Labute approximate surface area is 382 Å². The predicted octanol–water partition coefficient (Wildman–Crippen LogP) is 0.627. The van der Waals surface area contributed by atoms with Crippen molar-refractivity contribution in [2.75, 3.05) is 13.2 Å². The Morgan fingerprint density at radius 2 is 1.22 bits per heavy atom. The van der Waals surface area contributed by atoms with Gasteiger partial charge in [0, 0.05) is 16.7 Å². The highest BCUT2D eigenvalue weighted by Gasteiger charge is 2.79. The van der Waals surface area contributed by atoms with Crippen LogP contribution in [0.4, 0.5) is 0 Å². The van der Waals surface area contributed by atoms with Gasteiger partial charge in [-0.1, -0.05) is 60.1 Å². The first-order valence-corrected chi connectivity index (χ1v) is 24.3. The Bertz CT molecular complexity index is 1800. The summed E-state index contributed by atoms with van der Waals surface area (Å²) >= 11 is 0. The molecular weight excluding hydrogens is 849 g/mol. The van der Waals surface area contributed by atoms with Crippen LogP contribution in [0.2, 0.25) is 0 Å². The van der Waals surface area contributed by atoms with E-state index >= 15 is 0 Å². The smallest absolute Gasteiger partial charge is 0.187 e. The maximum Gasteiger partial charge on any atom is 0.187 e. The molecule has 17 heteroatoms. The Morgan fingerprint density at radius 3 is 1.86 bits per heavy atom. The van der Waals surface area contributed by atoms with Gasteiger partial charge in [-0.25, -0.2) is 0 Å². The molecule has 0 aromatic carbocycles. The minimum Gasteiger partial charge on any atom is -0.396 e. The number of rotatable bonds is 8. The molecule has 0 bridgehead atoms. The van der Waals surface area contributed by atoms with Crippen LogP contribution < -0.4 is 0 Å². The summed E-state index contributed by atoms with van der Waals surface area (Å²) in [5.41, 5.74) is -0.465. The zero-order valence-corrected chi connectivity index (χ0v) is 39.5. The first kappa shape index (κ1) is 49.1. The minimum atomic E-state index is -1.81. The van der Waals surface area contributed by atoms with E-state index in [0.29, 0.717) is 12.8 Å². The van der Waals surface area contributed by atoms with Crippen LogP contribution in [0.5, 0.6) is 0 Å². The van der Waals surface area contributed by atoms with Gasteiger partial charge in [-0.05, 0) is 92.3 Å². The molecule has 0 aromatic rings. The summed E-state index contributed by atoms with van der Waals surface area (Å²) in [6, 6.07) is 0. The minimum absolute atomic E-state index is 0.0157. The topological polar surface area (TPSA) is 270 Å². The van der Waals surface area contributed by atoms with Crippen molar-refractivity contribution in [3.63, 3.8) is 0 Å². The fraction of sp³-hybridized carbons (Fsp3) is 0.958. The van der Waals surface area contributed by atoms with Gasteiger partial charge in [-0.3, -0.25) is 0 Å². The molecule has 0 amide bonds. The zero-order valence-electron chi connectivity index (χ0n) is 39.5. The Hall–Kier alpha value is -0.940. The molecule has 65 heavy (non-hydrogen) atoms. The molecule has 0 unspecified atom stereocenters.